The van der Waals surface area contributed by atoms with Crippen LogP contribution in [0, 0.1) is 0 Å². The highest BCUT2D eigenvalue weighted by Gasteiger charge is 1.98. The maximum atomic E-state index is 5.86. The Morgan fingerprint density at radius 2 is 1.79 bits per heavy atom. The lowest BCUT2D eigenvalue weighted by Gasteiger charge is -2.07. The number of rotatable bonds is 3. The highest BCUT2D eigenvalue weighted by Crippen LogP contribution is 2.17. The Bertz CT molecular complexity index is 692. The topological polar surface area (TPSA) is 24.9 Å². The molecule has 3 rings (SSSR count). The molecular weight excluding hydrogens is 256 g/mol. The zero-order valence-corrected chi connectivity index (χ0v) is 11.1. The SMILES string of the molecule is Clc1ccc(CNc2cnc3ccccc3c2)cc1. The van der Waals surface area contributed by atoms with Gasteiger partial charge in [0.15, 0.2) is 0 Å². The highest BCUT2D eigenvalue weighted by molar-refractivity contribution is 6.30. The van der Waals surface area contributed by atoms with Crippen LogP contribution in [0.2, 0.25) is 5.02 Å². The number of halogens is 1. The van der Waals surface area contributed by atoms with E-state index in [0.29, 0.717) is 0 Å². The van der Waals surface area contributed by atoms with Crippen molar-refractivity contribution >= 4 is 28.2 Å². The Kier molecular flexibility index (Phi) is 3.34. The fourth-order valence-corrected chi connectivity index (χ4v) is 2.10. The molecule has 0 aliphatic rings. The smallest absolute Gasteiger partial charge is 0.0703 e. The molecule has 0 fully saturated rings. The Labute approximate surface area is 117 Å². The molecule has 0 aliphatic carbocycles. The summed E-state index contributed by atoms with van der Waals surface area (Å²) in [7, 11) is 0. The Hall–Kier alpha value is -2.06. The van der Waals surface area contributed by atoms with Gasteiger partial charge >= 0.3 is 0 Å². The van der Waals surface area contributed by atoms with Crippen LogP contribution < -0.4 is 5.32 Å². The molecule has 3 heteroatoms. The quantitative estimate of drug-likeness (QED) is 0.756. The molecule has 1 heterocycles. The molecule has 1 aromatic heterocycles. The van der Waals surface area contributed by atoms with E-state index < -0.39 is 0 Å². The number of anilines is 1. The summed E-state index contributed by atoms with van der Waals surface area (Å²) in [5.41, 5.74) is 3.23. The van der Waals surface area contributed by atoms with Crippen molar-refractivity contribution in [1.82, 2.24) is 4.98 Å². The van der Waals surface area contributed by atoms with Gasteiger partial charge in [0.1, 0.15) is 0 Å². The molecule has 0 saturated heterocycles. The van der Waals surface area contributed by atoms with Gasteiger partial charge in [0.2, 0.25) is 0 Å². The lowest BCUT2D eigenvalue weighted by Crippen LogP contribution is -1.99. The maximum absolute atomic E-state index is 5.86. The summed E-state index contributed by atoms with van der Waals surface area (Å²) in [6, 6.07) is 18.0. The van der Waals surface area contributed by atoms with Gasteiger partial charge in [0, 0.05) is 17.0 Å². The van der Waals surface area contributed by atoms with Crippen molar-refractivity contribution in [1.29, 1.82) is 0 Å². The highest BCUT2D eigenvalue weighted by atomic mass is 35.5. The first kappa shape index (κ1) is 12.0. The number of pyridine rings is 1. The van der Waals surface area contributed by atoms with Crippen LogP contribution >= 0.6 is 11.6 Å². The van der Waals surface area contributed by atoms with E-state index in [1.54, 1.807) is 0 Å². The number of hydrogen-bond donors (Lipinski definition) is 1. The van der Waals surface area contributed by atoms with Gasteiger partial charge in [-0.05, 0) is 29.8 Å². The van der Waals surface area contributed by atoms with Gasteiger partial charge in [-0.25, -0.2) is 0 Å². The number of para-hydroxylation sites is 1. The van der Waals surface area contributed by atoms with Crippen molar-refractivity contribution < 1.29 is 0 Å². The molecule has 2 aromatic carbocycles. The third kappa shape index (κ3) is 2.85. The summed E-state index contributed by atoms with van der Waals surface area (Å²) in [6.45, 7) is 0.761. The summed E-state index contributed by atoms with van der Waals surface area (Å²) >= 11 is 5.86. The van der Waals surface area contributed by atoms with E-state index in [0.717, 1.165) is 28.2 Å². The van der Waals surface area contributed by atoms with E-state index in [1.807, 2.05) is 48.7 Å². The van der Waals surface area contributed by atoms with E-state index in [9.17, 15) is 0 Å². The van der Waals surface area contributed by atoms with E-state index >= 15 is 0 Å². The van der Waals surface area contributed by atoms with Gasteiger partial charge in [0.05, 0.1) is 17.4 Å². The Morgan fingerprint density at radius 3 is 2.63 bits per heavy atom. The zero-order chi connectivity index (χ0) is 13.1. The molecule has 1 N–H and O–H groups in total. The average molecular weight is 269 g/mol. The summed E-state index contributed by atoms with van der Waals surface area (Å²) in [6.07, 6.45) is 1.86. The van der Waals surface area contributed by atoms with Crippen molar-refractivity contribution in [2.24, 2.45) is 0 Å². The average Bonchev–Trinajstić information content (AvgIpc) is 2.46. The second kappa shape index (κ2) is 5.29. The predicted octanol–water partition coefficient (Wildman–Crippen LogP) is 4.50. The monoisotopic (exact) mass is 268 g/mol. The molecule has 0 aliphatic heterocycles. The minimum Gasteiger partial charge on any atom is -0.380 e. The van der Waals surface area contributed by atoms with Crippen molar-refractivity contribution in [3.8, 4) is 0 Å². The van der Waals surface area contributed by atoms with Gasteiger partial charge in [-0.1, -0.05) is 41.9 Å². The summed E-state index contributed by atoms with van der Waals surface area (Å²) in [5, 5.41) is 5.27. The molecule has 94 valence electrons. The van der Waals surface area contributed by atoms with Gasteiger partial charge in [-0.3, -0.25) is 4.98 Å². The molecular formula is C16H13ClN2. The lowest BCUT2D eigenvalue weighted by molar-refractivity contribution is 1.14. The van der Waals surface area contributed by atoms with Gasteiger partial charge in [-0.2, -0.15) is 0 Å². The molecule has 19 heavy (non-hydrogen) atoms. The third-order valence-corrected chi connectivity index (χ3v) is 3.25. The molecule has 2 nitrogen and oxygen atoms in total. The fraction of sp³-hybridized carbons (Fsp3) is 0.0625. The normalized spacial score (nSPS) is 10.6. The first-order valence-corrected chi connectivity index (χ1v) is 6.52. The van der Waals surface area contributed by atoms with Gasteiger partial charge in [-0.15, -0.1) is 0 Å². The standard InChI is InChI=1S/C16H13ClN2/c17-14-7-5-12(6-8-14)10-18-15-9-13-3-1-2-4-16(13)19-11-15/h1-9,11,18H,10H2. The summed E-state index contributed by atoms with van der Waals surface area (Å²) < 4.78 is 0. The number of fused-ring (bicyclic) bond motifs is 1. The van der Waals surface area contributed by atoms with Crippen LogP contribution in [0.5, 0.6) is 0 Å². The molecule has 0 saturated carbocycles. The van der Waals surface area contributed by atoms with Crippen LogP contribution in [0.25, 0.3) is 10.9 Å². The number of aromatic nitrogens is 1. The largest absolute Gasteiger partial charge is 0.380 e. The van der Waals surface area contributed by atoms with Crippen LogP contribution in [0.3, 0.4) is 0 Å². The fourth-order valence-electron chi connectivity index (χ4n) is 1.97. The number of nitrogens with zero attached hydrogens (tertiary/aromatic N) is 1. The molecule has 0 amide bonds. The lowest BCUT2D eigenvalue weighted by atomic mass is 10.2. The third-order valence-electron chi connectivity index (χ3n) is 3.00. The minimum atomic E-state index is 0.760. The minimum absolute atomic E-state index is 0.760. The maximum Gasteiger partial charge on any atom is 0.0703 e. The van der Waals surface area contributed by atoms with Crippen LogP contribution in [0.1, 0.15) is 5.56 Å². The van der Waals surface area contributed by atoms with Crippen molar-refractivity contribution in [2.45, 2.75) is 6.54 Å². The summed E-state index contributed by atoms with van der Waals surface area (Å²) in [5.74, 6) is 0. The Balaban J connectivity index is 1.76. The second-order valence-electron chi connectivity index (χ2n) is 4.40. The molecule has 0 atom stereocenters. The molecule has 0 radical (unpaired) electrons. The predicted molar refractivity (Wildman–Crippen MR) is 80.5 cm³/mol. The zero-order valence-electron chi connectivity index (χ0n) is 10.3. The van der Waals surface area contributed by atoms with E-state index in [2.05, 4.69) is 22.4 Å². The molecule has 0 unspecified atom stereocenters. The van der Waals surface area contributed by atoms with Crippen LogP contribution in [0.4, 0.5) is 5.69 Å². The van der Waals surface area contributed by atoms with E-state index in [-0.39, 0.29) is 0 Å². The summed E-state index contributed by atoms with van der Waals surface area (Å²) in [4.78, 5) is 4.42. The number of benzene rings is 2. The van der Waals surface area contributed by atoms with Crippen molar-refractivity contribution in [3.05, 3.63) is 71.4 Å². The van der Waals surface area contributed by atoms with Crippen LogP contribution in [-0.4, -0.2) is 4.98 Å². The number of hydrogen-bond acceptors (Lipinski definition) is 2. The first-order chi connectivity index (χ1) is 9.31. The number of nitrogens with one attached hydrogen (secondary N) is 1. The molecule has 0 bridgehead atoms. The van der Waals surface area contributed by atoms with Gasteiger partial charge < -0.3 is 5.32 Å². The Morgan fingerprint density at radius 1 is 1.00 bits per heavy atom. The molecule has 0 spiro atoms. The molecule has 3 aromatic rings. The first-order valence-electron chi connectivity index (χ1n) is 6.14. The van der Waals surface area contributed by atoms with Crippen LogP contribution in [0.15, 0.2) is 60.8 Å². The van der Waals surface area contributed by atoms with E-state index in [4.69, 9.17) is 11.6 Å². The van der Waals surface area contributed by atoms with Crippen LogP contribution in [-0.2, 0) is 6.54 Å². The van der Waals surface area contributed by atoms with Crippen molar-refractivity contribution in [2.75, 3.05) is 5.32 Å². The van der Waals surface area contributed by atoms with Crippen molar-refractivity contribution in [3.63, 3.8) is 0 Å². The second-order valence-corrected chi connectivity index (χ2v) is 4.83. The van der Waals surface area contributed by atoms with Gasteiger partial charge in [0.25, 0.3) is 0 Å². The van der Waals surface area contributed by atoms with E-state index in [1.165, 1.54) is 5.56 Å².